The highest BCUT2D eigenvalue weighted by atomic mass is 16.7. The van der Waals surface area contributed by atoms with Gasteiger partial charge in [0.1, 0.15) is 24.4 Å². The van der Waals surface area contributed by atoms with Crippen molar-refractivity contribution < 1.29 is 39.8 Å². The van der Waals surface area contributed by atoms with Gasteiger partial charge >= 0.3 is 0 Å². The molecule has 0 aromatic rings. The highest BCUT2D eigenvalue weighted by Crippen LogP contribution is 2.23. The molecule has 5 unspecified atom stereocenters. The van der Waals surface area contributed by atoms with Crippen LogP contribution in [0.1, 0.15) is 245 Å². The first-order valence-electron chi connectivity index (χ1n) is 24.7. The van der Waals surface area contributed by atoms with E-state index in [4.69, 9.17) is 9.47 Å². The topological polar surface area (TPSA) is 149 Å². The average Bonchev–Trinajstić information content (AvgIpc) is 3.20. The van der Waals surface area contributed by atoms with Gasteiger partial charge in [0, 0.05) is 6.42 Å². The SMILES string of the molecule is CCCCCCCCCCCCCCCCCCCCCCCC(=O)N[C@@H](COC1OC(C)C(O)C(O)C1O)[C@H](O)[C@H](O)CCCCCCCCCCCCCC. The number of carbonyl (C=O) groups excluding carboxylic acids is 1. The standard InChI is InChI=1S/C48H95NO8/c1-4-6-8-10-12-14-16-18-19-20-21-22-23-24-25-26-28-30-32-34-36-38-43(51)49-41(39-56-48-47(55)46(54)44(52)40(3)57-48)45(53)42(50)37-35-33-31-29-27-17-15-13-11-9-7-5-2/h40-42,44-48,50,52-55H,4-39H2,1-3H3,(H,49,51)/t40?,41-,42+,44?,45-,46?,47?,48?/m0/s1. The molecule has 0 spiro atoms. The van der Waals surface area contributed by atoms with E-state index in [-0.39, 0.29) is 12.5 Å². The number of hydrogen-bond donors (Lipinski definition) is 6. The fourth-order valence-electron chi connectivity index (χ4n) is 8.21. The summed E-state index contributed by atoms with van der Waals surface area (Å²) in [5.74, 6) is -0.216. The zero-order chi connectivity index (χ0) is 41.8. The van der Waals surface area contributed by atoms with Crippen molar-refractivity contribution in [3.63, 3.8) is 0 Å². The maximum absolute atomic E-state index is 13.0. The number of unbranched alkanes of at least 4 members (excludes halogenated alkanes) is 31. The molecule has 0 aromatic heterocycles. The third-order valence-corrected chi connectivity index (χ3v) is 12.3. The largest absolute Gasteiger partial charge is 0.390 e. The number of carbonyl (C=O) groups is 1. The molecule has 1 aliphatic rings. The van der Waals surface area contributed by atoms with E-state index in [1.807, 2.05) is 0 Å². The number of hydrogen-bond acceptors (Lipinski definition) is 8. The van der Waals surface area contributed by atoms with Crippen molar-refractivity contribution in [3.05, 3.63) is 0 Å². The summed E-state index contributed by atoms with van der Waals surface area (Å²) in [6.45, 7) is 5.88. The van der Waals surface area contributed by atoms with Crippen LogP contribution >= 0.6 is 0 Å². The van der Waals surface area contributed by atoms with Crippen LogP contribution in [0.2, 0.25) is 0 Å². The van der Waals surface area contributed by atoms with Crippen LogP contribution in [0.5, 0.6) is 0 Å². The maximum atomic E-state index is 13.0. The second kappa shape index (κ2) is 38.1. The monoisotopic (exact) mass is 814 g/mol. The Hall–Kier alpha value is -0.810. The van der Waals surface area contributed by atoms with Gasteiger partial charge in [-0.05, 0) is 19.8 Å². The summed E-state index contributed by atoms with van der Waals surface area (Å²) < 4.78 is 11.3. The van der Waals surface area contributed by atoms with E-state index in [2.05, 4.69) is 19.2 Å². The lowest BCUT2D eigenvalue weighted by Crippen LogP contribution is -2.58. The number of ether oxygens (including phenoxy) is 2. The zero-order valence-electron chi connectivity index (χ0n) is 37.5. The second-order valence-electron chi connectivity index (χ2n) is 17.7. The molecular formula is C48H95NO8. The van der Waals surface area contributed by atoms with Crippen molar-refractivity contribution in [2.45, 2.75) is 294 Å². The molecule has 57 heavy (non-hydrogen) atoms. The summed E-state index contributed by atoms with van der Waals surface area (Å²) in [5, 5.41) is 55.6. The molecular weight excluding hydrogens is 719 g/mol. The zero-order valence-corrected chi connectivity index (χ0v) is 37.5. The van der Waals surface area contributed by atoms with Gasteiger partial charge in [-0.25, -0.2) is 0 Å². The first-order chi connectivity index (χ1) is 27.7. The molecule has 9 heteroatoms. The Morgan fingerprint density at radius 3 is 1.26 bits per heavy atom. The summed E-state index contributed by atoms with van der Waals surface area (Å²) in [4.78, 5) is 13.0. The number of rotatable bonds is 41. The lowest BCUT2D eigenvalue weighted by atomic mass is 9.98. The smallest absolute Gasteiger partial charge is 0.220 e. The first kappa shape index (κ1) is 54.2. The lowest BCUT2D eigenvalue weighted by Gasteiger charge is -2.39. The molecule has 1 fully saturated rings. The summed E-state index contributed by atoms with van der Waals surface area (Å²) in [6, 6.07) is -0.921. The number of aliphatic hydroxyl groups is 5. The minimum absolute atomic E-state index is 0.216. The summed E-state index contributed by atoms with van der Waals surface area (Å²) in [6.07, 6.45) is 34.2. The fraction of sp³-hybridized carbons (Fsp3) is 0.979. The average molecular weight is 814 g/mol. The van der Waals surface area contributed by atoms with Gasteiger partial charge in [0.05, 0.1) is 24.9 Å². The summed E-state index contributed by atoms with van der Waals surface area (Å²) in [5.41, 5.74) is 0. The van der Waals surface area contributed by atoms with Crippen molar-refractivity contribution in [2.24, 2.45) is 0 Å². The third-order valence-electron chi connectivity index (χ3n) is 12.3. The molecule has 0 aliphatic carbocycles. The molecule has 0 bridgehead atoms. The van der Waals surface area contributed by atoms with Crippen LogP contribution in [0.4, 0.5) is 0 Å². The molecule has 0 saturated carbocycles. The van der Waals surface area contributed by atoms with Crippen LogP contribution in [0, 0.1) is 0 Å². The highest BCUT2D eigenvalue weighted by molar-refractivity contribution is 5.76. The Morgan fingerprint density at radius 2 is 0.877 bits per heavy atom. The molecule has 1 saturated heterocycles. The van der Waals surface area contributed by atoms with Gasteiger partial charge in [-0.1, -0.05) is 219 Å². The van der Waals surface area contributed by atoms with E-state index in [1.54, 1.807) is 6.92 Å². The van der Waals surface area contributed by atoms with Crippen molar-refractivity contribution in [1.29, 1.82) is 0 Å². The Bertz CT molecular complexity index is 879. The number of amides is 1. The Balaban J connectivity index is 2.26. The van der Waals surface area contributed by atoms with Crippen molar-refractivity contribution in [1.82, 2.24) is 5.32 Å². The van der Waals surface area contributed by atoms with Crippen LogP contribution in [-0.4, -0.2) is 87.0 Å². The van der Waals surface area contributed by atoms with Crippen LogP contribution in [0.15, 0.2) is 0 Å². The second-order valence-corrected chi connectivity index (χ2v) is 17.7. The molecule has 0 radical (unpaired) electrons. The van der Waals surface area contributed by atoms with Crippen molar-refractivity contribution >= 4 is 5.91 Å². The number of nitrogens with one attached hydrogen (secondary N) is 1. The Labute approximate surface area is 351 Å². The van der Waals surface area contributed by atoms with Crippen LogP contribution in [0.3, 0.4) is 0 Å². The van der Waals surface area contributed by atoms with Crippen molar-refractivity contribution in [3.8, 4) is 0 Å². The van der Waals surface area contributed by atoms with E-state index in [9.17, 15) is 30.3 Å². The molecule has 0 aromatic carbocycles. The minimum Gasteiger partial charge on any atom is -0.390 e. The Morgan fingerprint density at radius 1 is 0.526 bits per heavy atom. The minimum atomic E-state index is -1.49. The molecule has 8 atom stereocenters. The number of aliphatic hydroxyl groups excluding tert-OH is 5. The molecule has 1 heterocycles. The third kappa shape index (κ3) is 29.1. The van der Waals surface area contributed by atoms with Crippen molar-refractivity contribution in [2.75, 3.05) is 6.61 Å². The molecule has 1 rings (SSSR count). The lowest BCUT2D eigenvalue weighted by molar-refractivity contribution is -0.295. The molecule has 340 valence electrons. The molecule has 1 amide bonds. The van der Waals surface area contributed by atoms with Crippen LogP contribution in [-0.2, 0) is 14.3 Å². The quantitative estimate of drug-likeness (QED) is 0.0334. The van der Waals surface area contributed by atoms with Gasteiger partial charge in [-0.3, -0.25) is 4.79 Å². The summed E-state index contributed by atoms with van der Waals surface area (Å²) >= 11 is 0. The van der Waals surface area contributed by atoms with Crippen LogP contribution in [0.25, 0.3) is 0 Å². The molecule has 9 nitrogen and oxygen atoms in total. The fourth-order valence-corrected chi connectivity index (χ4v) is 8.21. The van der Waals surface area contributed by atoms with Gasteiger partial charge < -0.3 is 40.3 Å². The first-order valence-corrected chi connectivity index (χ1v) is 24.7. The van der Waals surface area contributed by atoms with E-state index in [0.717, 1.165) is 38.5 Å². The van der Waals surface area contributed by atoms with E-state index >= 15 is 0 Å². The normalized spacial score (nSPS) is 21.4. The van der Waals surface area contributed by atoms with Crippen LogP contribution < -0.4 is 5.32 Å². The maximum Gasteiger partial charge on any atom is 0.220 e. The van der Waals surface area contributed by atoms with Gasteiger partial charge in [0.15, 0.2) is 6.29 Å². The van der Waals surface area contributed by atoms with Gasteiger partial charge in [0.25, 0.3) is 0 Å². The van der Waals surface area contributed by atoms with E-state index in [1.165, 1.54) is 173 Å². The van der Waals surface area contributed by atoms with E-state index < -0.39 is 49.0 Å². The Kier molecular flexibility index (Phi) is 36.3. The molecule has 1 aliphatic heterocycles. The highest BCUT2D eigenvalue weighted by Gasteiger charge is 2.43. The van der Waals surface area contributed by atoms with Gasteiger partial charge in [-0.15, -0.1) is 0 Å². The van der Waals surface area contributed by atoms with Gasteiger partial charge in [-0.2, -0.15) is 0 Å². The summed E-state index contributed by atoms with van der Waals surface area (Å²) in [7, 11) is 0. The van der Waals surface area contributed by atoms with E-state index in [0.29, 0.717) is 12.8 Å². The van der Waals surface area contributed by atoms with Gasteiger partial charge in [0.2, 0.25) is 5.91 Å². The molecule has 6 N–H and O–H groups in total. The predicted molar refractivity (Wildman–Crippen MR) is 235 cm³/mol. The predicted octanol–water partition coefficient (Wildman–Crippen LogP) is 10.7.